The maximum Gasteiger partial charge on any atom is 0.392 e. The topological polar surface area (TPSA) is 80.0 Å². The van der Waals surface area contributed by atoms with E-state index in [2.05, 4.69) is 15.0 Å². The summed E-state index contributed by atoms with van der Waals surface area (Å²) in [4.78, 5) is 12.8. The molecule has 1 unspecified atom stereocenters. The van der Waals surface area contributed by atoms with E-state index >= 15 is 0 Å². The number of aromatic nitrogens is 4. The quantitative estimate of drug-likeness (QED) is 0.474. The average molecular weight is 411 g/mol. The lowest BCUT2D eigenvalue weighted by Gasteiger charge is -2.13. The van der Waals surface area contributed by atoms with Gasteiger partial charge in [0.15, 0.2) is 11.7 Å². The number of pyridine rings is 2. The van der Waals surface area contributed by atoms with Crippen LogP contribution < -0.4 is 0 Å². The highest BCUT2D eigenvalue weighted by atomic mass is 19.4. The highest BCUT2D eigenvalue weighted by molar-refractivity contribution is 5.79. The summed E-state index contributed by atoms with van der Waals surface area (Å²) >= 11 is 0. The van der Waals surface area contributed by atoms with Gasteiger partial charge in [-0.1, -0.05) is 6.92 Å². The summed E-state index contributed by atoms with van der Waals surface area (Å²) in [5, 5.41) is 9.25. The first-order valence-corrected chi connectivity index (χ1v) is 9.13. The molecular weight excluding hydrogens is 395 g/mol. The average Bonchev–Trinajstić information content (AvgIpc) is 3.31. The predicted molar refractivity (Wildman–Crippen MR) is 102 cm³/mol. The molecule has 0 aliphatic rings. The summed E-state index contributed by atoms with van der Waals surface area (Å²) in [5.41, 5.74) is 3.45. The fourth-order valence-electron chi connectivity index (χ4n) is 3.10. The van der Waals surface area contributed by atoms with Gasteiger partial charge >= 0.3 is 6.18 Å². The monoisotopic (exact) mass is 411 g/mol. The molecule has 1 atom stereocenters. The van der Waals surface area contributed by atoms with Gasteiger partial charge in [-0.3, -0.25) is 0 Å². The summed E-state index contributed by atoms with van der Waals surface area (Å²) in [6, 6.07) is 8.83. The molecule has 0 radical (unpaired) electrons. The second-order valence-corrected chi connectivity index (χ2v) is 7.03. The molecule has 0 aromatic carbocycles. The number of oxazole rings is 1. The molecule has 9 heteroatoms. The van der Waals surface area contributed by atoms with Crippen LogP contribution in [0.2, 0.25) is 0 Å². The first-order chi connectivity index (χ1) is 14.2. The van der Waals surface area contributed by atoms with Crippen LogP contribution in [0.5, 0.6) is 0 Å². The van der Waals surface area contributed by atoms with Gasteiger partial charge in [0.2, 0.25) is 0 Å². The molecule has 6 nitrogen and oxygen atoms in total. The van der Waals surface area contributed by atoms with Crippen LogP contribution in [0.25, 0.3) is 28.2 Å². The van der Waals surface area contributed by atoms with E-state index in [4.69, 9.17) is 4.42 Å². The van der Waals surface area contributed by atoms with Gasteiger partial charge in [-0.2, -0.15) is 18.4 Å². The van der Waals surface area contributed by atoms with E-state index in [-0.39, 0.29) is 23.8 Å². The standard InChI is InChI=1S/C21H16F3N5O/c1-12(21(22,23)24)7-19-26-10-17(30-19)16-4-3-15(9-25)28-20(16)14-5-6-29-11-13(2)27-18(29)8-14/h3-6,8,10-12H,7H2,1-2H3. The lowest BCUT2D eigenvalue weighted by Crippen LogP contribution is -2.21. The second-order valence-electron chi connectivity index (χ2n) is 7.03. The van der Waals surface area contributed by atoms with Crippen LogP contribution in [0.4, 0.5) is 13.2 Å². The zero-order chi connectivity index (χ0) is 21.5. The van der Waals surface area contributed by atoms with Crippen molar-refractivity contribution in [3.8, 4) is 28.7 Å². The highest BCUT2D eigenvalue weighted by Crippen LogP contribution is 2.33. The van der Waals surface area contributed by atoms with Crippen molar-refractivity contribution < 1.29 is 17.6 Å². The molecule has 4 rings (SSSR count). The Morgan fingerprint density at radius 2 is 2.03 bits per heavy atom. The normalized spacial score (nSPS) is 12.8. The number of nitriles is 1. The minimum absolute atomic E-state index is 0.00975. The smallest absolute Gasteiger partial charge is 0.392 e. The largest absolute Gasteiger partial charge is 0.441 e. The Morgan fingerprint density at radius 3 is 2.77 bits per heavy atom. The first-order valence-electron chi connectivity index (χ1n) is 9.13. The summed E-state index contributed by atoms with van der Waals surface area (Å²) in [7, 11) is 0. The van der Waals surface area contributed by atoms with E-state index in [0.29, 0.717) is 22.5 Å². The third-order valence-electron chi connectivity index (χ3n) is 4.72. The van der Waals surface area contributed by atoms with E-state index in [9.17, 15) is 18.4 Å². The Morgan fingerprint density at radius 1 is 1.23 bits per heavy atom. The van der Waals surface area contributed by atoms with Gasteiger partial charge in [-0.15, -0.1) is 0 Å². The molecule has 0 bridgehead atoms. The van der Waals surface area contributed by atoms with Crippen LogP contribution in [-0.4, -0.2) is 25.5 Å². The Bertz CT molecular complexity index is 1270. The molecule has 4 aromatic rings. The third-order valence-corrected chi connectivity index (χ3v) is 4.72. The van der Waals surface area contributed by atoms with Gasteiger partial charge in [0.25, 0.3) is 0 Å². The fraction of sp³-hybridized carbons (Fsp3) is 0.238. The fourth-order valence-corrected chi connectivity index (χ4v) is 3.10. The van der Waals surface area contributed by atoms with Crippen molar-refractivity contribution in [2.45, 2.75) is 26.4 Å². The van der Waals surface area contributed by atoms with Crippen molar-refractivity contribution in [3.05, 3.63) is 60.1 Å². The molecule has 0 spiro atoms. The summed E-state index contributed by atoms with van der Waals surface area (Å²) in [5.74, 6) is -1.30. The van der Waals surface area contributed by atoms with Crippen molar-refractivity contribution in [2.75, 3.05) is 0 Å². The Labute approximate surface area is 169 Å². The van der Waals surface area contributed by atoms with E-state index in [0.717, 1.165) is 12.6 Å². The minimum atomic E-state index is -4.33. The molecule has 0 saturated heterocycles. The number of rotatable bonds is 4. The van der Waals surface area contributed by atoms with Crippen LogP contribution in [0.3, 0.4) is 0 Å². The zero-order valence-electron chi connectivity index (χ0n) is 16.1. The number of fused-ring (bicyclic) bond motifs is 1. The van der Waals surface area contributed by atoms with Gasteiger partial charge in [0.1, 0.15) is 17.4 Å². The lowest BCUT2D eigenvalue weighted by molar-refractivity contribution is -0.170. The molecule has 0 N–H and O–H groups in total. The molecule has 0 aliphatic carbocycles. The molecule has 4 aromatic heterocycles. The summed E-state index contributed by atoms with van der Waals surface area (Å²) < 4.78 is 46.0. The molecule has 0 amide bonds. The van der Waals surface area contributed by atoms with Gasteiger partial charge in [0.05, 0.1) is 23.5 Å². The number of hydrogen-bond acceptors (Lipinski definition) is 5. The van der Waals surface area contributed by atoms with E-state index in [1.165, 1.54) is 12.3 Å². The zero-order valence-corrected chi connectivity index (χ0v) is 16.1. The maximum atomic E-state index is 12.8. The number of alkyl halides is 3. The van der Waals surface area contributed by atoms with E-state index in [1.807, 2.05) is 41.9 Å². The molecule has 0 fully saturated rings. The van der Waals surface area contributed by atoms with Crippen LogP contribution >= 0.6 is 0 Å². The Kier molecular flexibility index (Phi) is 4.78. The van der Waals surface area contributed by atoms with Gasteiger partial charge < -0.3 is 8.82 Å². The van der Waals surface area contributed by atoms with Crippen molar-refractivity contribution >= 4 is 5.65 Å². The number of hydrogen-bond donors (Lipinski definition) is 0. The molecule has 152 valence electrons. The number of nitrogens with zero attached hydrogens (tertiary/aromatic N) is 5. The third kappa shape index (κ3) is 3.76. The van der Waals surface area contributed by atoms with Crippen molar-refractivity contribution in [3.63, 3.8) is 0 Å². The Balaban J connectivity index is 1.77. The van der Waals surface area contributed by atoms with Crippen molar-refractivity contribution in [1.29, 1.82) is 5.26 Å². The molecular formula is C21H16F3N5O. The SMILES string of the molecule is Cc1cn2ccc(-c3nc(C#N)ccc3-c3cnc(CC(C)C(F)(F)F)o3)cc2n1. The van der Waals surface area contributed by atoms with Crippen molar-refractivity contribution in [1.82, 2.24) is 19.4 Å². The Hall–Kier alpha value is -3.67. The predicted octanol–water partition coefficient (Wildman–Crippen LogP) is 4.97. The van der Waals surface area contributed by atoms with Crippen LogP contribution in [-0.2, 0) is 6.42 Å². The molecule has 0 saturated carbocycles. The van der Waals surface area contributed by atoms with Gasteiger partial charge in [-0.05, 0) is 31.2 Å². The van der Waals surface area contributed by atoms with Gasteiger partial charge in [0, 0.05) is 29.9 Å². The first kappa shape index (κ1) is 19.6. The van der Waals surface area contributed by atoms with Crippen molar-refractivity contribution in [2.24, 2.45) is 5.92 Å². The molecule has 4 heterocycles. The summed E-state index contributed by atoms with van der Waals surface area (Å²) in [6.45, 7) is 2.96. The molecule has 0 aliphatic heterocycles. The van der Waals surface area contributed by atoms with E-state index in [1.54, 1.807) is 6.07 Å². The molecule has 30 heavy (non-hydrogen) atoms. The van der Waals surface area contributed by atoms with Crippen LogP contribution in [0.15, 0.2) is 47.3 Å². The van der Waals surface area contributed by atoms with Crippen LogP contribution in [0, 0.1) is 24.2 Å². The van der Waals surface area contributed by atoms with E-state index < -0.39 is 12.1 Å². The van der Waals surface area contributed by atoms with Gasteiger partial charge in [-0.25, -0.2) is 15.0 Å². The minimum Gasteiger partial charge on any atom is -0.441 e. The lowest BCUT2D eigenvalue weighted by atomic mass is 10.0. The number of halogens is 3. The van der Waals surface area contributed by atoms with Crippen LogP contribution in [0.1, 0.15) is 24.2 Å². The summed E-state index contributed by atoms with van der Waals surface area (Å²) in [6.07, 6.45) is 0.397. The maximum absolute atomic E-state index is 12.8. The number of imidazole rings is 1. The number of aryl methyl sites for hydroxylation is 1. The highest BCUT2D eigenvalue weighted by Gasteiger charge is 2.36. The second kappa shape index (κ2) is 7.30.